The quantitative estimate of drug-likeness (QED) is 0.815. The van der Waals surface area contributed by atoms with E-state index in [1.54, 1.807) is 24.3 Å². The molecule has 0 aromatic heterocycles. The third-order valence-corrected chi connectivity index (χ3v) is 3.53. The minimum Gasteiger partial charge on any atom is -0.352 e. The first-order chi connectivity index (χ1) is 8.98. The second-order valence-electron chi connectivity index (χ2n) is 5.33. The number of rotatable bonds is 6. The lowest BCUT2D eigenvalue weighted by atomic mass is 9.88. The summed E-state index contributed by atoms with van der Waals surface area (Å²) < 4.78 is 0. The number of amides is 1. The molecule has 0 atom stereocenters. The Bertz CT molecular complexity index is 477. The van der Waals surface area contributed by atoms with Gasteiger partial charge in [0.1, 0.15) is 0 Å². The Morgan fingerprint density at radius 2 is 2.21 bits per heavy atom. The molecule has 1 N–H and O–H groups in total. The molecule has 0 fully saturated rings. The maximum Gasteiger partial charge on any atom is 0.251 e. The normalized spacial score (nSPS) is 10.8. The topological polar surface area (TPSA) is 52.9 Å². The maximum absolute atomic E-state index is 12.0. The number of hydrogen-bond donors (Lipinski definition) is 1. The van der Waals surface area contributed by atoms with Crippen LogP contribution in [0.2, 0.25) is 0 Å². The van der Waals surface area contributed by atoms with Crippen LogP contribution >= 0.6 is 15.9 Å². The van der Waals surface area contributed by atoms with Gasteiger partial charge in [0.05, 0.1) is 11.6 Å². The van der Waals surface area contributed by atoms with E-state index >= 15 is 0 Å². The average molecular weight is 323 g/mol. The van der Waals surface area contributed by atoms with Crippen molar-refractivity contribution < 1.29 is 4.79 Å². The third kappa shape index (κ3) is 5.44. The SMILES string of the molecule is CC(C)(CCCBr)CNC(=O)c1cccc(C#N)c1. The minimum atomic E-state index is -0.121. The first-order valence-electron chi connectivity index (χ1n) is 6.33. The van der Waals surface area contributed by atoms with Crippen molar-refractivity contribution in [3.63, 3.8) is 0 Å². The Labute approximate surface area is 123 Å². The monoisotopic (exact) mass is 322 g/mol. The summed E-state index contributed by atoms with van der Waals surface area (Å²) in [6, 6.07) is 8.79. The molecule has 0 saturated heterocycles. The third-order valence-electron chi connectivity index (χ3n) is 2.97. The van der Waals surface area contributed by atoms with E-state index in [4.69, 9.17) is 5.26 Å². The Kier molecular flexibility index (Phi) is 6.04. The fourth-order valence-corrected chi connectivity index (χ4v) is 2.07. The van der Waals surface area contributed by atoms with Crippen molar-refractivity contribution in [2.24, 2.45) is 5.41 Å². The van der Waals surface area contributed by atoms with Crippen molar-refractivity contribution in [3.8, 4) is 6.07 Å². The molecule has 1 aromatic carbocycles. The number of nitriles is 1. The number of alkyl halides is 1. The van der Waals surface area contributed by atoms with Gasteiger partial charge in [0, 0.05) is 17.4 Å². The summed E-state index contributed by atoms with van der Waals surface area (Å²) in [5.74, 6) is -0.121. The van der Waals surface area contributed by atoms with Gasteiger partial charge in [-0.3, -0.25) is 4.79 Å². The molecule has 0 radical (unpaired) electrons. The van der Waals surface area contributed by atoms with Gasteiger partial charge in [0.2, 0.25) is 0 Å². The zero-order valence-corrected chi connectivity index (χ0v) is 13.0. The molecule has 4 heteroatoms. The molecule has 1 aromatic rings. The van der Waals surface area contributed by atoms with Crippen molar-refractivity contribution >= 4 is 21.8 Å². The largest absolute Gasteiger partial charge is 0.352 e. The van der Waals surface area contributed by atoms with Crippen LogP contribution in [0.15, 0.2) is 24.3 Å². The Morgan fingerprint density at radius 1 is 1.47 bits per heavy atom. The highest BCUT2D eigenvalue weighted by Gasteiger charge is 2.18. The van der Waals surface area contributed by atoms with Crippen LogP contribution in [-0.4, -0.2) is 17.8 Å². The molecule has 1 rings (SSSR count). The summed E-state index contributed by atoms with van der Waals surface area (Å²) in [6.45, 7) is 4.92. The van der Waals surface area contributed by atoms with E-state index in [0.29, 0.717) is 17.7 Å². The van der Waals surface area contributed by atoms with Gasteiger partial charge >= 0.3 is 0 Å². The zero-order valence-electron chi connectivity index (χ0n) is 11.4. The highest BCUT2D eigenvalue weighted by atomic mass is 79.9. The predicted octanol–water partition coefficient (Wildman–Crippen LogP) is 3.49. The Morgan fingerprint density at radius 3 is 2.84 bits per heavy atom. The summed E-state index contributed by atoms with van der Waals surface area (Å²) >= 11 is 3.42. The smallest absolute Gasteiger partial charge is 0.251 e. The first-order valence-corrected chi connectivity index (χ1v) is 7.45. The zero-order chi connectivity index (χ0) is 14.3. The van der Waals surface area contributed by atoms with Crippen molar-refractivity contribution in [1.82, 2.24) is 5.32 Å². The molecule has 0 unspecified atom stereocenters. The molecule has 1 amide bonds. The highest BCUT2D eigenvalue weighted by Crippen LogP contribution is 2.21. The van der Waals surface area contributed by atoms with Gasteiger partial charge in [-0.05, 0) is 36.5 Å². The second-order valence-corrected chi connectivity index (χ2v) is 6.13. The number of nitrogens with zero attached hydrogens (tertiary/aromatic N) is 1. The standard InChI is InChI=1S/C15H19BrN2O/c1-15(2,7-4-8-16)11-18-14(19)13-6-3-5-12(9-13)10-17/h3,5-6,9H,4,7-8,11H2,1-2H3,(H,18,19). The molecule has 19 heavy (non-hydrogen) atoms. The van der Waals surface area contributed by atoms with Crippen molar-refractivity contribution in [1.29, 1.82) is 5.26 Å². The van der Waals surface area contributed by atoms with Crippen molar-refractivity contribution in [2.45, 2.75) is 26.7 Å². The number of hydrogen-bond acceptors (Lipinski definition) is 2. The van der Waals surface area contributed by atoms with Crippen LogP contribution in [0.1, 0.15) is 42.6 Å². The van der Waals surface area contributed by atoms with Gasteiger partial charge in [-0.2, -0.15) is 5.26 Å². The highest BCUT2D eigenvalue weighted by molar-refractivity contribution is 9.09. The van der Waals surface area contributed by atoms with Crippen molar-refractivity contribution in [3.05, 3.63) is 35.4 Å². The van der Waals surface area contributed by atoms with E-state index < -0.39 is 0 Å². The van der Waals surface area contributed by atoms with E-state index in [2.05, 4.69) is 35.1 Å². The summed E-state index contributed by atoms with van der Waals surface area (Å²) in [7, 11) is 0. The lowest BCUT2D eigenvalue weighted by Crippen LogP contribution is -2.34. The molecule has 0 aliphatic rings. The summed E-state index contributed by atoms with van der Waals surface area (Å²) in [5, 5.41) is 12.7. The fraction of sp³-hybridized carbons (Fsp3) is 0.467. The van der Waals surface area contributed by atoms with Gasteiger partial charge in [-0.1, -0.05) is 35.8 Å². The summed E-state index contributed by atoms with van der Waals surface area (Å²) in [5.41, 5.74) is 1.12. The van der Waals surface area contributed by atoms with E-state index in [1.165, 1.54) is 0 Å². The van der Waals surface area contributed by atoms with Gasteiger partial charge in [-0.25, -0.2) is 0 Å². The van der Waals surface area contributed by atoms with Crippen LogP contribution in [0.3, 0.4) is 0 Å². The molecule has 0 heterocycles. The van der Waals surface area contributed by atoms with Gasteiger partial charge < -0.3 is 5.32 Å². The lowest BCUT2D eigenvalue weighted by molar-refractivity contribution is 0.0934. The molecule has 0 saturated carbocycles. The van der Waals surface area contributed by atoms with Crippen molar-refractivity contribution in [2.75, 3.05) is 11.9 Å². The van der Waals surface area contributed by atoms with E-state index in [0.717, 1.165) is 18.2 Å². The van der Waals surface area contributed by atoms with E-state index in [9.17, 15) is 4.79 Å². The molecular weight excluding hydrogens is 304 g/mol. The Balaban J connectivity index is 2.58. The second kappa shape index (κ2) is 7.30. The summed E-state index contributed by atoms with van der Waals surface area (Å²) in [6.07, 6.45) is 2.14. The predicted molar refractivity (Wildman–Crippen MR) is 80.3 cm³/mol. The number of halogens is 1. The van der Waals surface area contributed by atoms with E-state index in [-0.39, 0.29) is 11.3 Å². The van der Waals surface area contributed by atoms with Gasteiger partial charge in [-0.15, -0.1) is 0 Å². The summed E-state index contributed by atoms with van der Waals surface area (Å²) in [4.78, 5) is 12.0. The van der Waals surface area contributed by atoms with Gasteiger partial charge in [0.15, 0.2) is 0 Å². The number of carbonyl (C=O) groups excluding carboxylic acids is 1. The molecule has 0 spiro atoms. The molecule has 0 bridgehead atoms. The minimum absolute atomic E-state index is 0.0796. The van der Waals surface area contributed by atoms with Crippen LogP contribution < -0.4 is 5.32 Å². The lowest BCUT2D eigenvalue weighted by Gasteiger charge is -2.24. The number of benzene rings is 1. The molecular formula is C15H19BrN2O. The molecule has 3 nitrogen and oxygen atoms in total. The van der Waals surface area contributed by atoms with Crippen LogP contribution in [0, 0.1) is 16.7 Å². The van der Waals surface area contributed by atoms with Crippen LogP contribution in [-0.2, 0) is 0 Å². The molecule has 0 aliphatic heterocycles. The first kappa shape index (κ1) is 15.7. The maximum atomic E-state index is 12.0. The van der Waals surface area contributed by atoms with Crippen LogP contribution in [0.5, 0.6) is 0 Å². The average Bonchev–Trinajstić information content (AvgIpc) is 2.43. The number of carbonyl (C=O) groups is 1. The Hall–Kier alpha value is -1.34. The number of nitrogens with one attached hydrogen (secondary N) is 1. The van der Waals surface area contributed by atoms with Crippen LogP contribution in [0.4, 0.5) is 0 Å². The van der Waals surface area contributed by atoms with Crippen LogP contribution in [0.25, 0.3) is 0 Å². The molecule has 102 valence electrons. The van der Waals surface area contributed by atoms with Gasteiger partial charge in [0.25, 0.3) is 5.91 Å². The van der Waals surface area contributed by atoms with E-state index in [1.807, 2.05) is 6.07 Å². The molecule has 0 aliphatic carbocycles. The fourth-order valence-electron chi connectivity index (χ4n) is 1.79.